The average Bonchev–Trinajstić information content (AvgIpc) is 2.62. The van der Waals surface area contributed by atoms with Gasteiger partial charge < -0.3 is 5.73 Å². The minimum atomic E-state index is -2.83. The van der Waals surface area contributed by atoms with E-state index in [4.69, 9.17) is 5.73 Å². The van der Waals surface area contributed by atoms with E-state index in [-0.39, 0.29) is 23.5 Å². The van der Waals surface area contributed by atoms with Crippen LogP contribution in [0.1, 0.15) is 24.0 Å². The molecule has 1 fully saturated rings. The molecule has 1 aliphatic heterocycles. The SMILES string of the molecule is Cc1cc(F)ccc1CC(N)CC1CCS(=O)(=O)C1. The number of hydrogen-bond acceptors (Lipinski definition) is 3. The van der Waals surface area contributed by atoms with Gasteiger partial charge in [0.15, 0.2) is 9.84 Å². The predicted octanol–water partition coefficient (Wildman–Crippen LogP) is 1.83. The van der Waals surface area contributed by atoms with Crippen LogP contribution in [0.25, 0.3) is 0 Å². The summed E-state index contributed by atoms with van der Waals surface area (Å²) >= 11 is 0. The van der Waals surface area contributed by atoms with Crippen LogP contribution in [0.5, 0.6) is 0 Å². The first kappa shape index (κ1) is 14.5. The van der Waals surface area contributed by atoms with Gasteiger partial charge >= 0.3 is 0 Å². The van der Waals surface area contributed by atoms with Crippen molar-refractivity contribution in [1.82, 2.24) is 0 Å². The Balaban J connectivity index is 1.93. The summed E-state index contributed by atoms with van der Waals surface area (Å²) in [6, 6.07) is 4.63. The summed E-state index contributed by atoms with van der Waals surface area (Å²) in [6.07, 6.45) is 2.11. The molecule has 19 heavy (non-hydrogen) atoms. The summed E-state index contributed by atoms with van der Waals surface area (Å²) in [4.78, 5) is 0. The molecule has 1 heterocycles. The highest BCUT2D eigenvalue weighted by molar-refractivity contribution is 7.91. The third kappa shape index (κ3) is 4.01. The lowest BCUT2D eigenvalue weighted by molar-refractivity contribution is 0.468. The summed E-state index contributed by atoms with van der Waals surface area (Å²) in [5.41, 5.74) is 8.03. The van der Waals surface area contributed by atoms with Crippen molar-refractivity contribution in [3.63, 3.8) is 0 Å². The summed E-state index contributed by atoms with van der Waals surface area (Å²) in [5.74, 6) is 0.501. The maximum Gasteiger partial charge on any atom is 0.150 e. The molecule has 0 spiro atoms. The van der Waals surface area contributed by atoms with E-state index in [0.717, 1.165) is 24.0 Å². The molecule has 0 bridgehead atoms. The van der Waals surface area contributed by atoms with E-state index < -0.39 is 9.84 Å². The van der Waals surface area contributed by atoms with Gasteiger partial charge in [-0.15, -0.1) is 0 Å². The van der Waals surface area contributed by atoms with Crippen molar-refractivity contribution in [2.75, 3.05) is 11.5 Å². The maximum atomic E-state index is 13.0. The fraction of sp³-hybridized carbons (Fsp3) is 0.571. The average molecular weight is 285 g/mol. The Bertz CT molecular complexity index is 557. The van der Waals surface area contributed by atoms with Gasteiger partial charge in [0.2, 0.25) is 0 Å². The van der Waals surface area contributed by atoms with Gasteiger partial charge in [-0.05, 0) is 55.4 Å². The van der Waals surface area contributed by atoms with Crippen LogP contribution in [0.2, 0.25) is 0 Å². The summed E-state index contributed by atoms with van der Waals surface area (Å²) in [7, 11) is -2.83. The van der Waals surface area contributed by atoms with Crippen LogP contribution in [0.4, 0.5) is 4.39 Å². The molecule has 0 aromatic heterocycles. The van der Waals surface area contributed by atoms with Gasteiger partial charge in [0.1, 0.15) is 5.82 Å². The summed E-state index contributed by atoms with van der Waals surface area (Å²) < 4.78 is 35.8. The molecule has 1 aromatic rings. The summed E-state index contributed by atoms with van der Waals surface area (Å²) in [6.45, 7) is 1.87. The van der Waals surface area contributed by atoms with Gasteiger partial charge in [0, 0.05) is 6.04 Å². The van der Waals surface area contributed by atoms with Crippen LogP contribution in [-0.2, 0) is 16.3 Å². The third-order valence-electron chi connectivity index (χ3n) is 3.75. The second kappa shape index (κ2) is 5.59. The zero-order valence-electron chi connectivity index (χ0n) is 11.1. The van der Waals surface area contributed by atoms with Gasteiger partial charge in [-0.3, -0.25) is 0 Å². The molecule has 2 atom stereocenters. The lowest BCUT2D eigenvalue weighted by Crippen LogP contribution is -2.27. The third-order valence-corrected chi connectivity index (χ3v) is 5.59. The van der Waals surface area contributed by atoms with E-state index in [1.165, 1.54) is 12.1 Å². The zero-order chi connectivity index (χ0) is 14.0. The van der Waals surface area contributed by atoms with E-state index in [1.54, 1.807) is 6.07 Å². The van der Waals surface area contributed by atoms with Gasteiger partial charge in [0.25, 0.3) is 0 Å². The van der Waals surface area contributed by atoms with Gasteiger partial charge in [-0.1, -0.05) is 6.07 Å². The molecule has 1 aromatic carbocycles. The number of hydrogen-bond donors (Lipinski definition) is 1. The van der Waals surface area contributed by atoms with Gasteiger partial charge in [-0.25, -0.2) is 12.8 Å². The standard InChI is InChI=1S/C14H20FNO2S/c1-10-6-13(15)3-2-12(10)8-14(16)7-11-4-5-19(17,18)9-11/h2-3,6,11,14H,4-5,7-9,16H2,1H3. The van der Waals surface area contributed by atoms with Crippen LogP contribution in [0.3, 0.4) is 0 Å². The Hall–Kier alpha value is -0.940. The topological polar surface area (TPSA) is 60.2 Å². The fourth-order valence-corrected chi connectivity index (χ4v) is 4.62. The van der Waals surface area contributed by atoms with Crippen LogP contribution < -0.4 is 5.73 Å². The Morgan fingerprint density at radius 1 is 1.47 bits per heavy atom. The number of rotatable bonds is 4. The summed E-state index contributed by atoms with van der Waals surface area (Å²) in [5, 5.41) is 0. The first-order chi connectivity index (χ1) is 8.85. The minimum Gasteiger partial charge on any atom is -0.327 e. The van der Waals surface area contributed by atoms with E-state index in [0.29, 0.717) is 12.2 Å². The lowest BCUT2D eigenvalue weighted by Gasteiger charge is -2.16. The molecule has 1 aliphatic rings. The second-order valence-corrected chi connectivity index (χ2v) is 7.77. The first-order valence-electron chi connectivity index (χ1n) is 6.57. The Kier molecular flexibility index (Phi) is 4.26. The van der Waals surface area contributed by atoms with Crippen LogP contribution in [0.15, 0.2) is 18.2 Å². The van der Waals surface area contributed by atoms with Crippen molar-refractivity contribution in [3.8, 4) is 0 Å². The molecule has 5 heteroatoms. The van der Waals surface area contributed by atoms with Crippen molar-refractivity contribution in [2.24, 2.45) is 11.7 Å². The monoisotopic (exact) mass is 285 g/mol. The molecule has 106 valence electrons. The number of nitrogens with two attached hydrogens (primary N) is 1. The number of benzene rings is 1. The van der Waals surface area contributed by atoms with Crippen molar-refractivity contribution in [1.29, 1.82) is 0 Å². The molecule has 0 radical (unpaired) electrons. The number of halogens is 1. The van der Waals surface area contributed by atoms with E-state index >= 15 is 0 Å². The lowest BCUT2D eigenvalue weighted by atomic mass is 9.93. The Morgan fingerprint density at radius 2 is 2.21 bits per heavy atom. The molecule has 0 saturated carbocycles. The quantitative estimate of drug-likeness (QED) is 0.918. The highest BCUT2D eigenvalue weighted by atomic mass is 32.2. The molecule has 3 nitrogen and oxygen atoms in total. The van der Waals surface area contributed by atoms with Crippen molar-refractivity contribution < 1.29 is 12.8 Å². The Labute approximate surface area is 113 Å². The van der Waals surface area contributed by atoms with Crippen LogP contribution in [-0.4, -0.2) is 26.0 Å². The molecular weight excluding hydrogens is 265 g/mol. The smallest absolute Gasteiger partial charge is 0.150 e. The minimum absolute atomic E-state index is 0.0672. The molecule has 2 rings (SSSR count). The van der Waals surface area contributed by atoms with Crippen molar-refractivity contribution >= 4 is 9.84 Å². The predicted molar refractivity (Wildman–Crippen MR) is 74.2 cm³/mol. The first-order valence-corrected chi connectivity index (χ1v) is 8.39. The molecule has 2 N–H and O–H groups in total. The largest absolute Gasteiger partial charge is 0.327 e. The van der Waals surface area contributed by atoms with Crippen molar-refractivity contribution in [2.45, 2.75) is 32.2 Å². The normalized spacial score (nSPS) is 23.4. The fourth-order valence-electron chi connectivity index (χ4n) is 2.74. The van der Waals surface area contributed by atoms with Crippen LogP contribution >= 0.6 is 0 Å². The Morgan fingerprint density at radius 3 is 2.79 bits per heavy atom. The van der Waals surface area contributed by atoms with Gasteiger partial charge in [-0.2, -0.15) is 0 Å². The van der Waals surface area contributed by atoms with E-state index in [9.17, 15) is 12.8 Å². The maximum absolute atomic E-state index is 13.0. The van der Waals surface area contributed by atoms with E-state index in [1.807, 2.05) is 6.92 Å². The number of sulfone groups is 1. The number of aryl methyl sites for hydroxylation is 1. The van der Waals surface area contributed by atoms with Crippen LogP contribution in [0, 0.1) is 18.7 Å². The molecule has 2 unspecified atom stereocenters. The second-order valence-electron chi connectivity index (χ2n) is 5.54. The molecule has 0 aliphatic carbocycles. The van der Waals surface area contributed by atoms with E-state index in [2.05, 4.69) is 0 Å². The van der Waals surface area contributed by atoms with Gasteiger partial charge in [0.05, 0.1) is 11.5 Å². The zero-order valence-corrected chi connectivity index (χ0v) is 11.9. The highest BCUT2D eigenvalue weighted by Crippen LogP contribution is 2.24. The molecular formula is C14H20FNO2S. The highest BCUT2D eigenvalue weighted by Gasteiger charge is 2.29. The molecule has 0 amide bonds. The molecule has 1 saturated heterocycles. The van der Waals surface area contributed by atoms with Crippen molar-refractivity contribution in [3.05, 3.63) is 35.1 Å².